The van der Waals surface area contributed by atoms with Crippen molar-refractivity contribution in [3.63, 3.8) is 0 Å². The Bertz CT molecular complexity index is 1420. The molecule has 2 aromatic carbocycles. The topological polar surface area (TPSA) is 56.7 Å². The molecule has 0 saturated heterocycles. The van der Waals surface area contributed by atoms with Crippen molar-refractivity contribution in [2.24, 2.45) is 0 Å². The summed E-state index contributed by atoms with van der Waals surface area (Å²) in [7, 11) is 0. The van der Waals surface area contributed by atoms with Crippen LogP contribution in [0.3, 0.4) is 0 Å². The number of rotatable bonds is 4. The predicted octanol–water partition coefficient (Wildman–Crippen LogP) is 6.05. The highest BCUT2D eigenvalue weighted by Crippen LogP contribution is 2.33. The minimum absolute atomic E-state index is 0.0767. The first-order valence-electron chi connectivity index (χ1n) is 9.69. The second-order valence-electron chi connectivity index (χ2n) is 7.29. The normalized spacial score (nSPS) is 11.9. The van der Waals surface area contributed by atoms with Crippen LogP contribution in [0.2, 0.25) is 0 Å². The van der Waals surface area contributed by atoms with E-state index in [0.29, 0.717) is 28.8 Å². The fraction of sp³-hybridized carbons (Fsp3) is 0.0870. The third kappa shape index (κ3) is 4.07. The fourth-order valence-corrected chi connectivity index (χ4v) is 3.41. The summed E-state index contributed by atoms with van der Waals surface area (Å²) in [5.74, 6) is -0.861. The van der Waals surface area contributed by atoms with Gasteiger partial charge in [0.05, 0.1) is 23.4 Å². The van der Waals surface area contributed by atoms with Crippen LogP contribution in [0, 0.1) is 11.6 Å². The molecule has 0 saturated carbocycles. The van der Waals surface area contributed by atoms with Gasteiger partial charge in [0.25, 0.3) is 0 Å². The van der Waals surface area contributed by atoms with E-state index in [4.69, 9.17) is 4.52 Å². The first-order chi connectivity index (χ1) is 15.8. The van der Waals surface area contributed by atoms with E-state index in [2.05, 4.69) is 15.1 Å². The molecule has 1 aromatic heterocycles. The Balaban J connectivity index is 1.39. The van der Waals surface area contributed by atoms with Gasteiger partial charge in [-0.3, -0.25) is 0 Å². The molecular formula is C23H13F5N4O. The molecular weight excluding hydrogens is 443 g/mol. The number of pyridine rings is 1. The number of benzene rings is 2. The van der Waals surface area contributed by atoms with Crippen molar-refractivity contribution >= 4 is 0 Å². The maximum Gasteiger partial charge on any atom is 0.416 e. The smallest absolute Gasteiger partial charge is 0.359 e. The molecule has 0 unspecified atom stereocenters. The quantitative estimate of drug-likeness (QED) is 0.309. The SMILES string of the molecule is Fc1cc(C(F)(F)F)ccc1-c1cc(Cn2ccc3nc(-c4ccccc4F)nc-3c2)on1. The maximum absolute atomic E-state index is 14.2. The van der Waals surface area contributed by atoms with Gasteiger partial charge in [-0.25, -0.2) is 18.7 Å². The monoisotopic (exact) mass is 456 g/mol. The van der Waals surface area contributed by atoms with Crippen LogP contribution in [0.15, 0.2) is 71.5 Å². The maximum atomic E-state index is 14.2. The Morgan fingerprint density at radius 3 is 2.36 bits per heavy atom. The van der Waals surface area contributed by atoms with Crippen molar-refractivity contribution in [2.45, 2.75) is 12.7 Å². The number of halogens is 5. The molecule has 2 aliphatic heterocycles. The molecule has 0 radical (unpaired) electrons. The Morgan fingerprint density at radius 1 is 0.818 bits per heavy atom. The highest BCUT2D eigenvalue weighted by molar-refractivity contribution is 5.66. The number of imidazole rings is 1. The Labute approximate surface area is 183 Å². The zero-order valence-corrected chi connectivity index (χ0v) is 16.6. The van der Waals surface area contributed by atoms with E-state index < -0.39 is 23.4 Å². The third-order valence-corrected chi connectivity index (χ3v) is 5.01. The van der Waals surface area contributed by atoms with Crippen molar-refractivity contribution < 1.29 is 26.5 Å². The largest absolute Gasteiger partial charge is 0.416 e. The van der Waals surface area contributed by atoms with Crippen LogP contribution in [0.5, 0.6) is 0 Å². The molecule has 0 atom stereocenters. The highest BCUT2D eigenvalue weighted by atomic mass is 19.4. The summed E-state index contributed by atoms with van der Waals surface area (Å²) in [5.41, 5.74) is 0.294. The van der Waals surface area contributed by atoms with Crippen LogP contribution in [0.4, 0.5) is 22.0 Å². The molecule has 0 bridgehead atoms. The second kappa shape index (κ2) is 7.80. The second-order valence-corrected chi connectivity index (χ2v) is 7.29. The summed E-state index contributed by atoms with van der Waals surface area (Å²) in [6.45, 7) is 0.201. The molecule has 10 heteroatoms. The third-order valence-electron chi connectivity index (χ3n) is 5.01. The average molecular weight is 456 g/mol. The van der Waals surface area contributed by atoms with Crippen LogP contribution in [-0.4, -0.2) is 19.7 Å². The molecule has 0 N–H and O–H groups in total. The fourth-order valence-electron chi connectivity index (χ4n) is 3.41. The van der Waals surface area contributed by atoms with Crippen molar-refractivity contribution in [1.82, 2.24) is 19.7 Å². The Morgan fingerprint density at radius 2 is 1.61 bits per heavy atom. The molecule has 33 heavy (non-hydrogen) atoms. The average Bonchev–Trinajstić information content (AvgIpc) is 3.40. The van der Waals surface area contributed by atoms with Crippen molar-refractivity contribution in [2.75, 3.05) is 0 Å². The summed E-state index contributed by atoms with van der Waals surface area (Å²) >= 11 is 0. The molecule has 3 aromatic rings. The molecule has 0 aliphatic carbocycles. The van der Waals surface area contributed by atoms with E-state index in [1.807, 2.05) is 0 Å². The first kappa shape index (κ1) is 20.8. The summed E-state index contributed by atoms with van der Waals surface area (Å²) in [4.78, 5) is 8.73. The highest BCUT2D eigenvalue weighted by Gasteiger charge is 2.31. The van der Waals surface area contributed by atoms with Gasteiger partial charge in [-0.15, -0.1) is 0 Å². The number of nitrogens with zero attached hydrogens (tertiary/aromatic N) is 4. The lowest BCUT2D eigenvalue weighted by molar-refractivity contribution is -0.137. The molecule has 0 spiro atoms. The zero-order valence-electron chi connectivity index (χ0n) is 16.6. The number of fused-ring (bicyclic) bond motifs is 1. The summed E-state index contributed by atoms with van der Waals surface area (Å²) in [6.07, 6.45) is -1.24. The lowest BCUT2D eigenvalue weighted by Gasteiger charge is -2.07. The minimum Gasteiger partial charge on any atom is -0.359 e. The molecule has 5 nitrogen and oxygen atoms in total. The molecule has 0 fully saturated rings. The van der Waals surface area contributed by atoms with Crippen molar-refractivity contribution in [3.8, 4) is 34.0 Å². The van der Waals surface area contributed by atoms with Crippen LogP contribution < -0.4 is 0 Å². The first-order valence-corrected chi connectivity index (χ1v) is 9.69. The zero-order chi connectivity index (χ0) is 23.2. The van der Waals surface area contributed by atoms with Crippen molar-refractivity contribution in [3.05, 3.63) is 89.9 Å². The van der Waals surface area contributed by atoms with Gasteiger partial charge in [0.2, 0.25) is 0 Å². The summed E-state index contributed by atoms with van der Waals surface area (Å²) in [6, 6.07) is 11.6. The number of aromatic nitrogens is 4. The van der Waals surface area contributed by atoms with Crippen LogP contribution in [0.1, 0.15) is 11.3 Å². The summed E-state index contributed by atoms with van der Waals surface area (Å²) < 4.78 is 73.4. The van der Waals surface area contributed by atoms with E-state index in [1.54, 1.807) is 41.2 Å². The van der Waals surface area contributed by atoms with Gasteiger partial charge >= 0.3 is 6.18 Å². The molecule has 0 amide bonds. The predicted molar refractivity (Wildman–Crippen MR) is 108 cm³/mol. The minimum atomic E-state index is -4.64. The van der Waals surface area contributed by atoms with Gasteiger partial charge in [-0.05, 0) is 36.4 Å². The number of hydrogen-bond donors (Lipinski definition) is 0. The van der Waals surface area contributed by atoms with Gasteiger partial charge in [-0.2, -0.15) is 13.2 Å². The van der Waals surface area contributed by atoms with Crippen LogP contribution >= 0.6 is 0 Å². The van der Waals surface area contributed by atoms with E-state index >= 15 is 0 Å². The van der Waals surface area contributed by atoms with E-state index in [-0.39, 0.29) is 23.6 Å². The lowest BCUT2D eigenvalue weighted by Crippen LogP contribution is -2.05. The van der Waals surface area contributed by atoms with Crippen LogP contribution in [0.25, 0.3) is 34.0 Å². The van der Waals surface area contributed by atoms with Gasteiger partial charge in [-0.1, -0.05) is 17.3 Å². The van der Waals surface area contributed by atoms with Gasteiger partial charge < -0.3 is 9.09 Å². The lowest BCUT2D eigenvalue weighted by atomic mass is 10.1. The van der Waals surface area contributed by atoms with E-state index in [0.717, 1.165) is 12.1 Å². The van der Waals surface area contributed by atoms with Gasteiger partial charge in [0.15, 0.2) is 11.6 Å². The molecule has 166 valence electrons. The van der Waals surface area contributed by atoms with E-state index in [1.165, 1.54) is 12.1 Å². The molecule has 3 heterocycles. The Hall–Kier alpha value is -4.08. The number of alkyl halides is 3. The molecule has 5 rings (SSSR count). The van der Waals surface area contributed by atoms with Crippen LogP contribution in [-0.2, 0) is 12.7 Å². The van der Waals surface area contributed by atoms with Gasteiger partial charge in [0, 0.05) is 24.0 Å². The van der Waals surface area contributed by atoms with Crippen molar-refractivity contribution in [1.29, 1.82) is 0 Å². The number of hydrogen-bond acceptors (Lipinski definition) is 4. The summed E-state index contributed by atoms with van der Waals surface area (Å²) in [5, 5.41) is 3.77. The standard InChI is InChI=1S/C23H13F5N4O/c24-17-4-2-1-3-16(17)22-29-19-7-8-32(12-21(19)30-22)11-14-10-20(31-33-14)15-6-5-13(9-18(15)25)23(26,27)28/h1-10,12H,11H2. The molecule has 2 aliphatic rings. The van der Waals surface area contributed by atoms with E-state index in [9.17, 15) is 22.0 Å². The Kier molecular flexibility index (Phi) is 4.92. The van der Waals surface area contributed by atoms with Gasteiger partial charge in [0.1, 0.15) is 23.0 Å².